The number of rotatable bonds is 6. The van der Waals surface area contributed by atoms with Gasteiger partial charge < -0.3 is 5.32 Å². The Morgan fingerprint density at radius 3 is 2.57 bits per heavy atom. The van der Waals surface area contributed by atoms with Crippen molar-refractivity contribution in [2.45, 2.75) is 70.4 Å². The molecule has 7 nitrogen and oxygen atoms in total. The summed E-state index contributed by atoms with van der Waals surface area (Å²) in [4.78, 5) is 12.7. The molecule has 152 valence electrons. The zero-order valence-electron chi connectivity index (χ0n) is 16.8. The summed E-state index contributed by atoms with van der Waals surface area (Å²) in [7, 11) is -3.63. The number of aromatic amines is 1. The largest absolute Gasteiger partial charge is 0.353 e. The van der Waals surface area contributed by atoms with Gasteiger partial charge in [-0.15, -0.1) is 0 Å². The molecule has 1 aliphatic carbocycles. The third-order valence-corrected chi connectivity index (χ3v) is 7.09. The normalized spacial score (nSPS) is 19.7. The molecule has 1 aromatic heterocycles. The van der Waals surface area contributed by atoms with E-state index in [1.165, 1.54) is 0 Å². The lowest BCUT2D eigenvalue weighted by atomic mass is 10.0. The predicted octanol–water partition coefficient (Wildman–Crippen LogP) is 2.20. The van der Waals surface area contributed by atoms with Crippen LogP contribution in [0.3, 0.4) is 0 Å². The molecule has 0 bridgehead atoms. The van der Waals surface area contributed by atoms with Gasteiger partial charge in [-0.1, -0.05) is 23.8 Å². The van der Waals surface area contributed by atoms with Gasteiger partial charge in [0.05, 0.1) is 17.8 Å². The minimum atomic E-state index is -3.63. The second-order valence-electron chi connectivity index (χ2n) is 7.77. The summed E-state index contributed by atoms with van der Waals surface area (Å²) in [6.07, 6.45) is 2.39. The number of nitrogens with zero attached hydrogens (tertiary/aromatic N) is 1. The number of carbonyl (C=O) groups is 1. The van der Waals surface area contributed by atoms with Gasteiger partial charge in [-0.2, -0.15) is 5.10 Å². The molecule has 2 aromatic rings. The summed E-state index contributed by atoms with van der Waals surface area (Å²) in [5.41, 5.74) is 4.25. The third kappa shape index (κ3) is 4.62. The monoisotopic (exact) mass is 404 g/mol. The minimum Gasteiger partial charge on any atom is -0.353 e. The van der Waals surface area contributed by atoms with Crippen LogP contribution in [0.4, 0.5) is 0 Å². The van der Waals surface area contributed by atoms with Crippen molar-refractivity contribution < 1.29 is 13.2 Å². The second kappa shape index (κ2) is 8.05. The van der Waals surface area contributed by atoms with Crippen molar-refractivity contribution in [3.8, 4) is 0 Å². The summed E-state index contributed by atoms with van der Waals surface area (Å²) in [5, 5.41) is 9.73. The molecule has 3 N–H and O–H groups in total. The van der Waals surface area contributed by atoms with Crippen LogP contribution in [0.25, 0.3) is 0 Å². The molecule has 28 heavy (non-hydrogen) atoms. The van der Waals surface area contributed by atoms with Gasteiger partial charge in [0.1, 0.15) is 4.90 Å². The van der Waals surface area contributed by atoms with E-state index in [0.29, 0.717) is 30.7 Å². The highest BCUT2D eigenvalue weighted by atomic mass is 32.2. The smallest absolute Gasteiger partial charge is 0.244 e. The lowest BCUT2D eigenvalue weighted by Crippen LogP contribution is -2.38. The molecule has 3 rings (SSSR count). The fourth-order valence-electron chi connectivity index (χ4n) is 3.88. The molecule has 1 aromatic carbocycles. The van der Waals surface area contributed by atoms with Crippen LogP contribution < -0.4 is 10.0 Å². The van der Waals surface area contributed by atoms with Gasteiger partial charge in [-0.05, 0) is 58.1 Å². The van der Waals surface area contributed by atoms with Gasteiger partial charge in [-0.25, -0.2) is 13.1 Å². The molecule has 0 spiro atoms. The highest BCUT2D eigenvalue weighted by molar-refractivity contribution is 7.89. The summed E-state index contributed by atoms with van der Waals surface area (Å²) < 4.78 is 28.1. The van der Waals surface area contributed by atoms with Crippen LogP contribution in [0.1, 0.15) is 47.3 Å². The lowest BCUT2D eigenvalue weighted by molar-refractivity contribution is -0.121. The van der Waals surface area contributed by atoms with Gasteiger partial charge in [0.2, 0.25) is 15.9 Å². The molecule has 1 fully saturated rings. The van der Waals surface area contributed by atoms with E-state index in [4.69, 9.17) is 0 Å². The summed E-state index contributed by atoms with van der Waals surface area (Å²) in [6.45, 7) is 7.38. The maximum atomic E-state index is 12.7. The fourth-order valence-corrected chi connectivity index (χ4v) is 5.53. The lowest BCUT2D eigenvalue weighted by Gasteiger charge is -2.16. The zero-order valence-corrected chi connectivity index (χ0v) is 17.6. The van der Waals surface area contributed by atoms with Crippen LogP contribution in [-0.4, -0.2) is 36.6 Å². The Morgan fingerprint density at radius 2 is 1.89 bits per heavy atom. The van der Waals surface area contributed by atoms with Crippen molar-refractivity contribution in [1.29, 1.82) is 0 Å². The Balaban J connectivity index is 1.57. The molecule has 1 amide bonds. The Labute approximate surface area is 166 Å². The predicted molar refractivity (Wildman–Crippen MR) is 108 cm³/mol. The Hall–Kier alpha value is -2.19. The number of hydrogen-bond acceptors (Lipinski definition) is 4. The topological polar surface area (TPSA) is 104 Å². The first kappa shape index (κ1) is 20.5. The molecule has 0 saturated heterocycles. The van der Waals surface area contributed by atoms with Crippen molar-refractivity contribution in [3.63, 3.8) is 0 Å². The van der Waals surface area contributed by atoms with Gasteiger partial charge in [-0.3, -0.25) is 9.89 Å². The van der Waals surface area contributed by atoms with E-state index in [2.05, 4.69) is 20.2 Å². The fraction of sp³-hybridized carbons (Fsp3) is 0.500. The van der Waals surface area contributed by atoms with Crippen molar-refractivity contribution in [2.75, 3.05) is 0 Å². The van der Waals surface area contributed by atoms with Crippen molar-refractivity contribution in [3.05, 3.63) is 46.3 Å². The molecule has 0 unspecified atom stereocenters. The van der Waals surface area contributed by atoms with Crippen molar-refractivity contribution in [2.24, 2.45) is 0 Å². The highest BCUT2D eigenvalue weighted by Crippen LogP contribution is 2.23. The van der Waals surface area contributed by atoms with Crippen LogP contribution in [-0.2, 0) is 21.2 Å². The van der Waals surface area contributed by atoms with Gasteiger partial charge in [0.15, 0.2) is 0 Å². The first-order valence-corrected chi connectivity index (χ1v) is 11.0. The number of sulfonamides is 1. The molecule has 0 radical (unpaired) electrons. The third-order valence-electron chi connectivity index (χ3n) is 5.30. The van der Waals surface area contributed by atoms with E-state index < -0.39 is 10.0 Å². The second-order valence-corrected chi connectivity index (χ2v) is 9.42. The molecule has 8 heteroatoms. The van der Waals surface area contributed by atoms with Crippen LogP contribution >= 0.6 is 0 Å². The van der Waals surface area contributed by atoms with Crippen LogP contribution in [0, 0.1) is 27.7 Å². The zero-order chi connectivity index (χ0) is 20.5. The Bertz CT molecular complexity index is 962. The molecular formula is C20H28N4O3S. The van der Waals surface area contributed by atoms with E-state index in [1.807, 2.05) is 32.0 Å². The van der Waals surface area contributed by atoms with Crippen LogP contribution in [0.15, 0.2) is 23.1 Å². The Morgan fingerprint density at radius 1 is 1.18 bits per heavy atom. The average molecular weight is 405 g/mol. The average Bonchev–Trinajstić information content (AvgIpc) is 3.16. The first-order valence-electron chi connectivity index (χ1n) is 9.55. The van der Waals surface area contributed by atoms with E-state index in [1.54, 1.807) is 13.8 Å². The number of amides is 1. The van der Waals surface area contributed by atoms with E-state index in [-0.39, 0.29) is 22.9 Å². The van der Waals surface area contributed by atoms with Crippen molar-refractivity contribution >= 4 is 15.9 Å². The number of aryl methyl sites for hydroxylation is 4. The summed E-state index contributed by atoms with van der Waals surface area (Å²) in [6, 6.07) is 5.89. The number of carbonyl (C=O) groups excluding carboxylic acids is 1. The van der Waals surface area contributed by atoms with Crippen molar-refractivity contribution in [1.82, 2.24) is 20.2 Å². The molecule has 1 heterocycles. The molecule has 0 aliphatic heterocycles. The van der Waals surface area contributed by atoms with E-state index in [0.717, 1.165) is 23.1 Å². The minimum absolute atomic E-state index is 0.0168. The van der Waals surface area contributed by atoms with E-state index >= 15 is 0 Å². The highest BCUT2D eigenvalue weighted by Gasteiger charge is 2.31. The number of nitrogens with one attached hydrogen (secondary N) is 3. The van der Waals surface area contributed by atoms with Gasteiger partial charge in [0.25, 0.3) is 0 Å². The van der Waals surface area contributed by atoms with Gasteiger partial charge >= 0.3 is 0 Å². The maximum absolute atomic E-state index is 12.7. The van der Waals surface area contributed by atoms with Gasteiger partial charge in [0, 0.05) is 12.1 Å². The SMILES string of the molecule is Cc1ccc(C)c(CC(=O)N[C@H]2CC[C@@H](NS(=O)(=O)c3c(C)n[nH]c3C)C2)c1. The maximum Gasteiger partial charge on any atom is 0.244 e. The Kier molecular flexibility index (Phi) is 5.90. The quantitative estimate of drug-likeness (QED) is 0.686. The summed E-state index contributed by atoms with van der Waals surface area (Å²) >= 11 is 0. The van der Waals surface area contributed by atoms with Crippen LogP contribution in [0.5, 0.6) is 0 Å². The summed E-state index contributed by atoms with van der Waals surface area (Å²) in [5.74, 6) is -0.0243. The number of hydrogen-bond donors (Lipinski definition) is 3. The molecule has 2 atom stereocenters. The number of aromatic nitrogens is 2. The molecular weight excluding hydrogens is 376 g/mol. The molecule has 1 aliphatic rings. The standard InChI is InChI=1S/C20H28N4O3S/c1-12-5-6-13(2)16(9-12)10-19(25)21-17-7-8-18(11-17)24-28(26,27)20-14(3)22-23-15(20)4/h5-6,9,17-18,24H,7-8,10-11H2,1-4H3,(H,21,25)(H,22,23)/t17-,18+/m0/s1. The van der Waals surface area contributed by atoms with Crippen LogP contribution in [0.2, 0.25) is 0 Å². The molecule has 1 saturated carbocycles. The van der Waals surface area contributed by atoms with E-state index in [9.17, 15) is 13.2 Å². The number of benzene rings is 1. The number of H-pyrrole nitrogens is 1. The first-order chi connectivity index (χ1) is 13.2.